The molecule has 1 atom stereocenters. The lowest BCUT2D eigenvalue weighted by Crippen LogP contribution is -2.41. The van der Waals surface area contributed by atoms with Crippen LogP contribution in [0.4, 0.5) is 0 Å². The fourth-order valence-electron chi connectivity index (χ4n) is 1.97. The fourth-order valence-corrected chi connectivity index (χ4v) is 3.29. The molecule has 0 spiro atoms. The van der Waals surface area contributed by atoms with E-state index in [0.29, 0.717) is 18.0 Å². The van der Waals surface area contributed by atoms with E-state index in [4.69, 9.17) is 5.73 Å². The van der Waals surface area contributed by atoms with Crippen molar-refractivity contribution in [1.29, 1.82) is 0 Å². The first-order chi connectivity index (χ1) is 8.94. The Kier molecular flexibility index (Phi) is 4.03. The third-order valence-electron chi connectivity index (χ3n) is 3.32. The standard InChI is InChI=1S/C13H18N2O3S/c1-9(16)10-4-6-12(7-5-10)19(17,18)15-13(8-14)11-2-3-11/h4-7,11,13,15H,2-3,8,14H2,1H3. The number of Topliss-reactive ketones (excluding diaryl/α,β-unsaturated/α-hetero) is 1. The topological polar surface area (TPSA) is 89.3 Å². The van der Waals surface area contributed by atoms with Gasteiger partial charge in [-0.25, -0.2) is 13.1 Å². The maximum atomic E-state index is 12.2. The molecular weight excluding hydrogens is 264 g/mol. The van der Waals surface area contributed by atoms with Crippen LogP contribution in [0, 0.1) is 5.92 Å². The smallest absolute Gasteiger partial charge is 0.240 e. The van der Waals surface area contributed by atoms with E-state index in [1.165, 1.54) is 31.2 Å². The first-order valence-electron chi connectivity index (χ1n) is 6.27. The van der Waals surface area contributed by atoms with E-state index in [-0.39, 0.29) is 16.7 Å². The summed E-state index contributed by atoms with van der Waals surface area (Å²) in [6, 6.07) is 5.73. The van der Waals surface area contributed by atoms with Crippen LogP contribution in [-0.4, -0.2) is 26.8 Å². The summed E-state index contributed by atoms with van der Waals surface area (Å²) in [4.78, 5) is 11.3. The Bertz CT molecular complexity index is 562. The molecule has 1 aliphatic carbocycles. The van der Waals surface area contributed by atoms with E-state index in [1.54, 1.807) is 0 Å². The molecule has 19 heavy (non-hydrogen) atoms. The normalized spacial score (nSPS) is 17.2. The molecule has 1 aliphatic rings. The molecule has 0 aliphatic heterocycles. The van der Waals surface area contributed by atoms with Gasteiger partial charge in [0.15, 0.2) is 5.78 Å². The fraction of sp³-hybridized carbons (Fsp3) is 0.462. The maximum absolute atomic E-state index is 12.2. The van der Waals surface area contributed by atoms with Gasteiger partial charge >= 0.3 is 0 Å². The van der Waals surface area contributed by atoms with Crippen molar-refractivity contribution < 1.29 is 13.2 Å². The number of carbonyl (C=O) groups is 1. The number of hydrogen-bond acceptors (Lipinski definition) is 4. The summed E-state index contributed by atoms with van der Waals surface area (Å²) in [6.45, 7) is 1.74. The number of hydrogen-bond donors (Lipinski definition) is 2. The maximum Gasteiger partial charge on any atom is 0.240 e. The van der Waals surface area contributed by atoms with Crippen LogP contribution < -0.4 is 10.5 Å². The number of benzene rings is 1. The lowest BCUT2D eigenvalue weighted by Gasteiger charge is -2.16. The molecule has 104 valence electrons. The van der Waals surface area contributed by atoms with Crippen LogP contribution in [0.15, 0.2) is 29.2 Å². The highest BCUT2D eigenvalue weighted by molar-refractivity contribution is 7.89. The first kappa shape index (κ1) is 14.2. The lowest BCUT2D eigenvalue weighted by atomic mass is 10.2. The predicted octanol–water partition coefficient (Wildman–Crippen LogP) is 0.905. The number of nitrogens with one attached hydrogen (secondary N) is 1. The van der Waals surface area contributed by atoms with Gasteiger partial charge in [-0.2, -0.15) is 0 Å². The van der Waals surface area contributed by atoms with Crippen LogP contribution in [-0.2, 0) is 10.0 Å². The third-order valence-corrected chi connectivity index (χ3v) is 4.83. The molecule has 5 nitrogen and oxygen atoms in total. The Morgan fingerprint density at radius 1 is 1.37 bits per heavy atom. The summed E-state index contributed by atoms with van der Waals surface area (Å²) in [5.41, 5.74) is 6.09. The second-order valence-electron chi connectivity index (χ2n) is 4.88. The van der Waals surface area contributed by atoms with Crippen molar-refractivity contribution >= 4 is 15.8 Å². The molecule has 0 radical (unpaired) electrons. The van der Waals surface area contributed by atoms with Gasteiger partial charge in [0.05, 0.1) is 4.90 Å². The van der Waals surface area contributed by atoms with Gasteiger partial charge in [0.2, 0.25) is 10.0 Å². The lowest BCUT2D eigenvalue weighted by molar-refractivity contribution is 0.101. The predicted molar refractivity (Wildman–Crippen MR) is 72.3 cm³/mol. The second-order valence-corrected chi connectivity index (χ2v) is 6.60. The Labute approximate surface area is 113 Å². The van der Waals surface area contributed by atoms with Crippen LogP contribution in [0.2, 0.25) is 0 Å². The largest absolute Gasteiger partial charge is 0.329 e. The molecule has 0 saturated heterocycles. The van der Waals surface area contributed by atoms with Crippen molar-refractivity contribution in [3.63, 3.8) is 0 Å². The Balaban J connectivity index is 2.16. The van der Waals surface area contributed by atoms with Crippen molar-refractivity contribution in [1.82, 2.24) is 4.72 Å². The van der Waals surface area contributed by atoms with Gasteiger partial charge in [-0.3, -0.25) is 4.79 Å². The van der Waals surface area contributed by atoms with Gasteiger partial charge in [0.25, 0.3) is 0 Å². The van der Waals surface area contributed by atoms with E-state index < -0.39 is 10.0 Å². The number of nitrogens with two attached hydrogens (primary N) is 1. The van der Waals surface area contributed by atoms with E-state index >= 15 is 0 Å². The van der Waals surface area contributed by atoms with Crippen LogP contribution >= 0.6 is 0 Å². The van der Waals surface area contributed by atoms with Gasteiger partial charge in [-0.1, -0.05) is 12.1 Å². The summed E-state index contributed by atoms with van der Waals surface area (Å²) in [7, 11) is -3.56. The minimum absolute atomic E-state index is 0.0882. The zero-order valence-electron chi connectivity index (χ0n) is 10.8. The molecule has 0 aromatic heterocycles. The van der Waals surface area contributed by atoms with E-state index in [0.717, 1.165) is 12.8 Å². The monoisotopic (exact) mass is 282 g/mol. The van der Waals surface area contributed by atoms with Crippen molar-refractivity contribution in [2.45, 2.75) is 30.7 Å². The van der Waals surface area contributed by atoms with Crippen LogP contribution in [0.3, 0.4) is 0 Å². The highest BCUT2D eigenvalue weighted by atomic mass is 32.2. The number of ketones is 1. The number of sulfonamides is 1. The zero-order valence-corrected chi connectivity index (χ0v) is 11.6. The van der Waals surface area contributed by atoms with E-state index in [2.05, 4.69) is 4.72 Å². The van der Waals surface area contributed by atoms with Crippen LogP contribution in [0.25, 0.3) is 0 Å². The van der Waals surface area contributed by atoms with Crippen molar-refractivity contribution in [3.05, 3.63) is 29.8 Å². The molecule has 1 unspecified atom stereocenters. The summed E-state index contributed by atoms with van der Waals surface area (Å²) < 4.78 is 27.0. The van der Waals surface area contributed by atoms with Crippen molar-refractivity contribution in [2.24, 2.45) is 11.7 Å². The summed E-state index contributed by atoms with van der Waals surface area (Å²) >= 11 is 0. The summed E-state index contributed by atoms with van der Waals surface area (Å²) in [5, 5.41) is 0. The number of rotatable bonds is 6. The molecular formula is C13H18N2O3S. The Morgan fingerprint density at radius 3 is 2.37 bits per heavy atom. The van der Waals surface area contributed by atoms with Gasteiger partial charge in [-0.05, 0) is 37.8 Å². The molecule has 0 bridgehead atoms. The van der Waals surface area contributed by atoms with Crippen molar-refractivity contribution in [2.75, 3.05) is 6.54 Å². The Hall–Kier alpha value is -1.24. The molecule has 1 aromatic carbocycles. The average Bonchev–Trinajstić information content (AvgIpc) is 3.20. The minimum Gasteiger partial charge on any atom is -0.329 e. The molecule has 0 amide bonds. The average molecular weight is 282 g/mol. The highest BCUT2D eigenvalue weighted by Gasteiger charge is 2.33. The molecule has 3 N–H and O–H groups in total. The highest BCUT2D eigenvalue weighted by Crippen LogP contribution is 2.32. The Morgan fingerprint density at radius 2 is 1.95 bits per heavy atom. The van der Waals surface area contributed by atoms with Gasteiger partial charge in [0, 0.05) is 18.2 Å². The van der Waals surface area contributed by atoms with Crippen LogP contribution in [0.5, 0.6) is 0 Å². The van der Waals surface area contributed by atoms with Gasteiger partial charge in [-0.15, -0.1) is 0 Å². The molecule has 2 rings (SSSR count). The third kappa shape index (κ3) is 3.40. The summed E-state index contributed by atoms with van der Waals surface area (Å²) in [5.74, 6) is 0.269. The molecule has 1 saturated carbocycles. The quantitative estimate of drug-likeness (QED) is 0.759. The molecule has 1 aromatic rings. The molecule has 1 fully saturated rings. The molecule has 6 heteroatoms. The van der Waals surface area contributed by atoms with Crippen LogP contribution in [0.1, 0.15) is 30.1 Å². The van der Waals surface area contributed by atoms with Crippen molar-refractivity contribution in [3.8, 4) is 0 Å². The minimum atomic E-state index is -3.56. The first-order valence-corrected chi connectivity index (χ1v) is 7.76. The molecule has 0 heterocycles. The van der Waals surface area contributed by atoms with E-state index in [9.17, 15) is 13.2 Å². The number of carbonyl (C=O) groups excluding carboxylic acids is 1. The second kappa shape index (κ2) is 5.40. The zero-order chi connectivity index (χ0) is 14.0. The SMILES string of the molecule is CC(=O)c1ccc(S(=O)(=O)NC(CN)C2CC2)cc1. The van der Waals surface area contributed by atoms with Gasteiger partial charge < -0.3 is 5.73 Å². The van der Waals surface area contributed by atoms with E-state index in [1.807, 2.05) is 0 Å². The van der Waals surface area contributed by atoms with Gasteiger partial charge in [0.1, 0.15) is 0 Å². The summed E-state index contributed by atoms with van der Waals surface area (Å²) in [6.07, 6.45) is 2.04.